The number of aromatic nitrogens is 2. The molecule has 0 N–H and O–H groups in total. The molecule has 5 nitrogen and oxygen atoms in total. The van der Waals surface area contributed by atoms with Crippen LogP contribution in [-0.2, 0) is 11.3 Å². The van der Waals surface area contributed by atoms with E-state index in [9.17, 15) is 4.79 Å². The lowest BCUT2D eigenvalue weighted by Gasteiger charge is -2.39. The molecule has 23 heavy (non-hydrogen) atoms. The molecule has 2 heterocycles. The van der Waals surface area contributed by atoms with E-state index in [1.165, 1.54) is 5.56 Å². The van der Waals surface area contributed by atoms with Crippen LogP contribution in [0.1, 0.15) is 23.0 Å². The Balaban J connectivity index is 1.71. The number of hydrogen-bond donors (Lipinski definition) is 0. The van der Waals surface area contributed by atoms with Crippen LogP contribution in [0.2, 0.25) is 0 Å². The average molecular weight is 312 g/mol. The Labute approximate surface area is 137 Å². The summed E-state index contributed by atoms with van der Waals surface area (Å²) >= 11 is 0. The van der Waals surface area contributed by atoms with Crippen molar-refractivity contribution in [1.82, 2.24) is 19.6 Å². The molecule has 3 rings (SSSR count). The zero-order valence-electron chi connectivity index (χ0n) is 14.1. The van der Waals surface area contributed by atoms with E-state index >= 15 is 0 Å². The Bertz CT molecular complexity index is 680. The molecule has 0 radical (unpaired) electrons. The van der Waals surface area contributed by atoms with Crippen LogP contribution >= 0.6 is 0 Å². The number of likely N-dealkylation sites (N-methyl/N-ethyl adjacent to an activating group) is 1. The van der Waals surface area contributed by atoms with Gasteiger partial charge in [0.15, 0.2) is 0 Å². The van der Waals surface area contributed by atoms with Crippen LogP contribution in [0.3, 0.4) is 0 Å². The highest BCUT2D eigenvalue weighted by atomic mass is 16.2. The average Bonchev–Trinajstić information content (AvgIpc) is 2.86. The van der Waals surface area contributed by atoms with Crippen LogP contribution < -0.4 is 0 Å². The fraction of sp³-hybridized carbons (Fsp3) is 0.444. The summed E-state index contributed by atoms with van der Waals surface area (Å²) in [5.41, 5.74) is 3.25. The van der Waals surface area contributed by atoms with Gasteiger partial charge in [-0.1, -0.05) is 30.3 Å². The number of piperazine rings is 1. The molecular weight excluding hydrogens is 288 g/mol. The third-order valence-electron chi connectivity index (χ3n) is 4.57. The number of hydrogen-bond acceptors (Lipinski definition) is 3. The van der Waals surface area contributed by atoms with Gasteiger partial charge in [-0.15, -0.1) is 0 Å². The Kier molecular flexibility index (Phi) is 4.48. The fourth-order valence-electron chi connectivity index (χ4n) is 3.20. The van der Waals surface area contributed by atoms with Gasteiger partial charge in [0.05, 0.1) is 11.7 Å². The van der Waals surface area contributed by atoms with Crippen LogP contribution in [-0.4, -0.2) is 52.2 Å². The fourth-order valence-corrected chi connectivity index (χ4v) is 3.20. The van der Waals surface area contributed by atoms with Crippen molar-refractivity contribution in [1.29, 1.82) is 0 Å². The van der Waals surface area contributed by atoms with Crippen LogP contribution in [0.15, 0.2) is 36.4 Å². The summed E-state index contributed by atoms with van der Waals surface area (Å²) < 4.78 is 1.80. The van der Waals surface area contributed by atoms with Gasteiger partial charge in [-0.05, 0) is 32.5 Å². The van der Waals surface area contributed by atoms with Gasteiger partial charge in [0.25, 0.3) is 0 Å². The number of carbonyl (C=O) groups excluding carboxylic acids is 1. The third kappa shape index (κ3) is 3.45. The van der Waals surface area contributed by atoms with E-state index in [4.69, 9.17) is 0 Å². The topological polar surface area (TPSA) is 41.4 Å². The van der Waals surface area contributed by atoms with Crippen LogP contribution in [0.5, 0.6) is 0 Å². The van der Waals surface area contributed by atoms with E-state index in [0.29, 0.717) is 6.54 Å². The summed E-state index contributed by atoms with van der Waals surface area (Å²) in [5.74, 6) is 0.144. The molecule has 122 valence electrons. The van der Waals surface area contributed by atoms with Crippen molar-refractivity contribution < 1.29 is 4.79 Å². The molecule has 1 fully saturated rings. The molecule has 1 amide bonds. The molecule has 1 saturated heterocycles. The number of carbonyl (C=O) groups is 1. The number of amides is 1. The van der Waals surface area contributed by atoms with E-state index in [-0.39, 0.29) is 11.9 Å². The molecular formula is C18H24N4O. The largest absolute Gasteiger partial charge is 0.338 e. The summed E-state index contributed by atoms with van der Waals surface area (Å²) in [6, 6.07) is 12.7. The smallest absolute Gasteiger partial charge is 0.244 e. The van der Waals surface area contributed by atoms with Crippen LogP contribution in [0.25, 0.3) is 0 Å². The van der Waals surface area contributed by atoms with Crippen molar-refractivity contribution in [2.24, 2.45) is 0 Å². The number of nitrogens with zero attached hydrogens (tertiary/aromatic N) is 4. The summed E-state index contributed by atoms with van der Waals surface area (Å²) in [5, 5.41) is 4.40. The quantitative estimate of drug-likeness (QED) is 0.870. The highest BCUT2D eigenvalue weighted by Crippen LogP contribution is 2.24. The second-order valence-electron chi connectivity index (χ2n) is 6.33. The second-order valence-corrected chi connectivity index (χ2v) is 6.33. The third-order valence-corrected chi connectivity index (χ3v) is 4.57. The maximum absolute atomic E-state index is 12.7. The van der Waals surface area contributed by atoms with Gasteiger partial charge in [0.2, 0.25) is 5.91 Å². The SMILES string of the molecule is Cc1cc(C)n(CC(=O)N2CCN(C)[C@H](c3ccccc3)C2)n1. The highest BCUT2D eigenvalue weighted by Gasteiger charge is 2.28. The van der Waals surface area contributed by atoms with Crippen molar-refractivity contribution in [3.8, 4) is 0 Å². The van der Waals surface area contributed by atoms with Crippen LogP contribution in [0, 0.1) is 13.8 Å². The molecule has 1 atom stereocenters. The highest BCUT2D eigenvalue weighted by molar-refractivity contribution is 5.76. The van der Waals surface area contributed by atoms with E-state index in [0.717, 1.165) is 31.0 Å². The standard InChI is InChI=1S/C18H24N4O/c1-14-11-15(2)22(19-14)13-18(23)21-10-9-20(3)17(12-21)16-7-5-4-6-8-16/h4-8,11,17H,9-10,12-13H2,1-3H3/t17-/m0/s1. The molecule has 0 aliphatic carbocycles. The molecule has 0 unspecified atom stereocenters. The summed E-state index contributed by atoms with van der Waals surface area (Å²) in [6.45, 7) is 6.67. The van der Waals surface area contributed by atoms with Gasteiger partial charge in [0.1, 0.15) is 6.54 Å². The first-order valence-corrected chi connectivity index (χ1v) is 8.08. The lowest BCUT2D eigenvalue weighted by molar-refractivity contribution is -0.134. The van der Waals surface area contributed by atoms with Gasteiger partial charge >= 0.3 is 0 Å². The normalized spacial score (nSPS) is 19.1. The van der Waals surface area contributed by atoms with E-state index in [2.05, 4.69) is 41.3 Å². The monoisotopic (exact) mass is 312 g/mol. The maximum Gasteiger partial charge on any atom is 0.244 e. The maximum atomic E-state index is 12.7. The zero-order valence-corrected chi connectivity index (χ0v) is 14.1. The summed E-state index contributed by atoms with van der Waals surface area (Å²) in [6.07, 6.45) is 0. The van der Waals surface area contributed by atoms with E-state index in [1.54, 1.807) is 4.68 Å². The Morgan fingerprint density at radius 2 is 1.96 bits per heavy atom. The number of benzene rings is 1. The predicted molar refractivity (Wildman–Crippen MR) is 90.1 cm³/mol. The minimum Gasteiger partial charge on any atom is -0.338 e. The number of rotatable bonds is 3. The zero-order chi connectivity index (χ0) is 16.4. The molecule has 1 aromatic heterocycles. The van der Waals surface area contributed by atoms with Crippen molar-refractivity contribution >= 4 is 5.91 Å². The van der Waals surface area contributed by atoms with E-state index in [1.807, 2.05) is 30.9 Å². The molecule has 0 spiro atoms. The summed E-state index contributed by atoms with van der Waals surface area (Å²) in [7, 11) is 2.13. The number of aryl methyl sites for hydroxylation is 2. The lowest BCUT2D eigenvalue weighted by atomic mass is 10.0. The summed E-state index contributed by atoms with van der Waals surface area (Å²) in [4.78, 5) is 16.9. The van der Waals surface area contributed by atoms with Crippen molar-refractivity contribution in [2.45, 2.75) is 26.4 Å². The van der Waals surface area contributed by atoms with Gasteiger partial charge in [-0.25, -0.2) is 0 Å². The molecule has 2 aromatic rings. The first-order chi connectivity index (χ1) is 11.0. The molecule has 1 aliphatic heterocycles. The van der Waals surface area contributed by atoms with E-state index < -0.39 is 0 Å². The van der Waals surface area contributed by atoms with Gasteiger partial charge in [-0.3, -0.25) is 14.4 Å². The van der Waals surface area contributed by atoms with Gasteiger partial charge in [0, 0.05) is 25.3 Å². The molecule has 0 bridgehead atoms. The predicted octanol–water partition coefficient (Wildman–Crippen LogP) is 2.02. The van der Waals surface area contributed by atoms with Crippen molar-refractivity contribution in [2.75, 3.05) is 26.7 Å². The first kappa shape index (κ1) is 15.7. The van der Waals surface area contributed by atoms with Gasteiger partial charge < -0.3 is 4.90 Å². The second kappa shape index (κ2) is 6.54. The molecule has 5 heteroatoms. The minimum absolute atomic E-state index is 0.144. The Hall–Kier alpha value is -2.14. The van der Waals surface area contributed by atoms with Crippen molar-refractivity contribution in [3.63, 3.8) is 0 Å². The Morgan fingerprint density at radius 1 is 1.22 bits per heavy atom. The molecule has 1 aliphatic rings. The molecule has 1 aromatic carbocycles. The van der Waals surface area contributed by atoms with Crippen molar-refractivity contribution in [3.05, 3.63) is 53.3 Å². The Morgan fingerprint density at radius 3 is 2.61 bits per heavy atom. The van der Waals surface area contributed by atoms with Gasteiger partial charge in [-0.2, -0.15) is 5.10 Å². The molecule has 0 saturated carbocycles. The van der Waals surface area contributed by atoms with Crippen LogP contribution in [0.4, 0.5) is 0 Å². The minimum atomic E-state index is 0.144. The first-order valence-electron chi connectivity index (χ1n) is 8.08. The lowest BCUT2D eigenvalue weighted by Crippen LogP contribution is -2.49.